The second-order valence-electron chi connectivity index (χ2n) is 2.58. The molecule has 0 aromatic heterocycles. The van der Waals surface area contributed by atoms with Crippen molar-refractivity contribution in [3.63, 3.8) is 0 Å². The monoisotopic (exact) mass is 284 g/mol. The fourth-order valence-corrected chi connectivity index (χ4v) is 1.27. The third-order valence-electron chi connectivity index (χ3n) is 1.62. The van der Waals surface area contributed by atoms with Crippen LogP contribution in [0.3, 0.4) is 0 Å². The van der Waals surface area contributed by atoms with Gasteiger partial charge in [0.1, 0.15) is 5.69 Å². The van der Waals surface area contributed by atoms with E-state index < -0.39 is 22.4 Å². The van der Waals surface area contributed by atoms with E-state index in [1.165, 1.54) is 0 Å². The molecule has 1 aromatic carbocycles. The molecule has 1 rings (SSSR count). The minimum atomic E-state index is -4.59. The highest BCUT2D eigenvalue weighted by atomic mass is 79.9. The Kier molecular flexibility index (Phi) is 3.18. The fraction of sp³-hybridized carbons (Fsp3) is 0.143. The van der Waals surface area contributed by atoms with E-state index in [0.717, 1.165) is 12.1 Å². The van der Waals surface area contributed by atoms with Crippen LogP contribution in [0.25, 0.3) is 0 Å². The summed E-state index contributed by atoms with van der Waals surface area (Å²) in [5.41, 5.74) is -1.73. The van der Waals surface area contributed by atoms with Gasteiger partial charge < -0.3 is 4.34 Å². The minimum absolute atomic E-state index is 0.0343. The molecule has 0 saturated carbocycles. The van der Waals surface area contributed by atoms with E-state index in [0.29, 0.717) is 6.07 Å². The Morgan fingerprint density at radius 1 is 1.40 bits per heavy atom. The lowest BCUT2D eigenvalue weighted by Gasteiger charge is -2.07. The van der Waals surface area contributed by atoms with Crippen molar-refractivity contribution in [3.8, 4) is 0 Å². The molecule has 0 unspecified atom stereocenters. The third-order valence-corrected chi connectivity index (χ3v) is 2.05. The number of halogens is 4. The first-order valence-electron chi connectivity index (χ1n) is 3.58. The topological polar surface area (TPSA) is 55.2 Å². The molecule has 0 heterocycles. The molecule has 0 aliphatic carbocycles. The Balaban J connectivity index is 3.28. The summed E-state index contributed by atoms with van der Waals surface area (Å²) in [5, 5.41) is 10.4. The summed E-state index contributed by atoms with van der Waals surface area (Å²) in [5.74, 6) is 0. The number of nitrogens with zero attached hydrogens (tertiary/aromatic N) is 1. The highest BCUT2D eigenvalue weighted by Gasteiger charge is 2.32. The van der Waals surface area contributed by atoms with Crippen molar-refractivity contribution in [1.29, 1.82) is 0 Å². The summed E-state index contributed by atoms with van der Waals surface area (Å²) < 4.78 is 38.9. The smallest absolute Gasteiger partial charge is 0.317 e. The number of hydrogen-bond acceptors (Lipinski definition) is 3. The molecule has 82 valence electrons. The number of anilines is 1. The van der Waals surface area contributed by atoms with Crippen molar-refractivity contribution in [2.24, 2.45) is 0 Å². The van der Waals surface area contributed by atoms with E-state index in [2.05, 4.69) is 20.5 Å². The number of nitro benzene ring substituents is 1. The molecular weight excluding hydrogens is 281 g/mol. The first-order chi connectivity index (χ1) is 6.86. The largest absolute Gasteiger partial charge is 0.416 e. The minimum Gasteiger partial charge on any atom is -0.317 e. The molecule has 0 atom stereocenters. The number of hydrogen-bond donors (Lipinski definition) is 1. The number of rotatable bonds is 2. The predicted octanol–water partition coefficient (Wildman–Crippen LogP) is 3.34. The molecule has 0 amide bonds. The fourth-order valence-electron chi connectivity index (χ4n) is 0.939. The maximum atomic E-state index is 12.2. The summed E-state index contributed by atoms with van der Waals surface area (Å²) >= 11 is 2.72. The van der Waals surface area contributed by atoms with Crippen LogP contribution in [0, 0.1) is 10.1 Å². The Morgan fingerprint density at radius 3 is 2.40 bits per heavy atom. The van der Waals surface area contributed by atoms with Crippen molar-refractivity contribution in [2.75, 3.05) is 4.34 Å². The second-order valence-corrected chi connectivity index (χ2v) is 2.98. The first kappa shape index (κ1) is 11.8. The van der Waals surface area contributed by atoms with Gasteiger partial charge in [-0.25, -0.2) is 0 Å². The highest BCUT2D eigenvalue weighted by Crippen LogP contribution is 2.35. The zero-order valence-electron chi connectivity index (χ0n) is 7.01. The molecule has 4 nitrogen and oxygen atoms in total. The van der Waals surface area contributed by atoms with Gasteiger partial charge >= 0.3 is 6.18 Å². The zero-order chi connectivity index (χ0) is 11.6. The van der Waals surface area contributed by atoms with Crippen LogP contribution in [-0.2, 0) is 6.18 Å². The van der Waals surface area contributed by atoms with Crippen molar-refractivity contribution >= 4 is 27.5 Å². The summed E-state index contributed by atoms with van der Waals surface area (Å²) in [7, 11) is 0. The summed E-state index contributed by atoms with van der Waals surface area (Å²) in [6, 6.07) is 2.22. The van der Waals surface area contributed by atoms with Crippen molar-refractivity contribution in [1.82, 2.24) is 0 Å². The Hall–Kier alpha value is -1.31. The van der Waals surface area contributed by atoms with Crippen molar-refractivity contribution in [2.45, 2.75) is 6.18 Å². The van der Waals surface area contributed by atoms with Gasteiger partial charge in [0.25, 0.3) is 5.69 Å². The molecule has 0 spiro atoms. The maximum Gasteiger partial charge on any atom is 0.416 e. The molecular formula is C7H4BrF3N2O2. The summed E-state index contributed by atoms with van der Waals surface area (Å²) in [4.78, 5) is 9.55. The Bertz CT molecular complexity index is 394. The van der Waals surface area contributed by atoms with Gasteiger partial charge in [-0.15, -0.1) is 0 Å². The van der Waals surface area contributed by atoms with Crippen LogP contribution in [0.2, 0.25) is 0 Å². The molecule has 0 aliphatic rings. The van der Waals surface area contributed by atoms with Crippen LogP contribution in [0.5, 0.6) is 0 Å². The van der Waals surface area contributed by atoms with Crippen LogP contribution in [0.15, 0.2) is 18.2 Å². The number of benzene rings is 1. The maximum absolute atomic E-state index is 12.2. The summed E-state index contributed by atoms with van der Waals surface area (Å²) in [6.45, 7) is 0. The number of nitrogens with one attached hydrogen (secondary N) is 1. The number of nitro groups is 1. The van der Waals surface area contributed by atoms with Gasteiger partial charge in [-0.05, 0) is 12.1 Å². The van der Waals surface area contributed by atoms with Crippen LogP contribution < -0.4 is 4.34 Å². The van der Waals surface area contributed by atoms with Gasteiger partial charge in [0.05, 0.1) is 10.5 Å². The average molecular weight is 285 g/mol. The molecule has 1 aromatic rings. The molecule has 0 bridgehead atoms. The van der Waals surface area contributed by atoms with E-state index in [-0.39, 0.29) is 5.69 Å². The standard InChI is InChI=1S/C7H4BrF3N2O2/c8-12-5-2-1-4(7(9,10)11)3-6(5)13(14)15/h1-3,12H. The zero-order valence-corrected chi connectivity index (χ0v) is 8.59. The van der Waals surface area contributed by atoms with Crippen LogP contribution >= 0.6 is 16.1 Å². The van der Waals surface area contributed by atoms with Gasteiger partial charge in [0.2, 0.25) is 0 Å². The predicted molar refractivity (Wildman–Crippen MR) is 50.6 cm³/mol. The molecule has 15 heavy (non-hydrogen) atoms. The van der Waals surface area contributed by atoms with Gasteiger partial charge in [0, 0.05) is 22.2 Å². The van der Waals surface area contributed by atoms with Crippen LogP contribution in [0.1, 0.15) is 5.56 Å². The Labute approximate surface area is 90.6 Å². The third kappa shape index (κ3) is 2.58. The lowest BCUT2D eigenvalue weighted by Crippen LogP contribution is -2.06. The molecule has 0 saturated heterocycles. The van der Waals surface area contributed by atoms with Gasteiger partial charge in [0.15, 0.2) is 0 Å². The van der Waals surface area contributed by atoms with E-state index in [1.807, 2.05) is 0 Å². The van der Waals surface area contributed by atoms with Gasteiger partial charge in [-0.1, -0.05) is 0 Å². The van der Waals surface area contributed by atoms with E-state index in [4.69, 9.17) is 0 Å². The molecule has 1 N–H and O–H groups in total. The SMILES string of the molecule is O=[N+]([O-])c1cc(C(F)(F)F)ccc1NBr. The summed E-state index contributed by atoms with van der Waals surface area (Å²) in [6.07, 6.45) is -4.59. The first-order valence-corrected chi connectivity index (χ1v) is 4.38. The molecule has 8 heteroatoms. The van der Waals surface area contributed by atoms with E-state index in [1.54, 1.807) is 0 Å². The Morgan fingerprint density at radius 2 is 2.00 bits per heavy atom. The van der Waals surface area contributed by atoms with Crippen LogP contribution in [0.4, 0.5) is 24.5 Å². The van der Waals surface area contributed by atoms with Crippen molar-refractivity contribution < 1.29 is 18.1 Å². The quantitative estimate of drug-likeness (QED) is 0.515. The second kappa shape index (κ2) is 4.05. The molecule has 0 aliphatic heterocycles. The van der Waals surface area contributed by atoms with Crippen molar-refractivity contribution in [3.05, 3.63) is 33.9 Å². The lowest BCUT2D eigenvalue weighted by atomic mass is 10.1. The normalized spacial score (nSPS) is 11.2. The van der Waals surface area contributed by atoms with E-state index >= 15 is 0 Å². The van der Waals surface area contributed by atoms with Gasteiger partial charge in [-0.3, -0.25) is 10.1 Å². The molecule has 0 radical (unpaired) electrons. The van der Waals surface area contributed by atoms with Gasteiger partial charge in [-0.2, -0.15) is 13.2 Å². The lowest BCUT2D eigenvalue weighted by molar-refractivity contribution is -0.384. The average Bonchev–Trinajstić information content (AvgIpc) is 2.15. The van der Waals surface area contributed by atoms with Crippen LogP contribution in [-0.4, -0.2) is 4.92 Å². The number of alkyl halides is 3. The molecule has 0 fully saturated rings. The highest BCUT2D eigenvalue weighted by molar-refractivity contribution is 9.10. The van der Waals surface area contributed by atoms with E-state index in [9.17, 15) is 23.3 Å².